The second-order valence-electron chi connectivity index (χ2n) is 3.85. The first kappa shape index (κ1) is 13.4. The Balaban J connectivity index is 4.27. The fourth-order valence-electron chi connectivity index (χ4n) is 1.74. The molecule has 14 heavy (non-hydrogen) atoms. The maximum Gasteiger partial charge on any atom is 0.158 e. The molecule has 0 aromatic heterocycles. The number of unbranched alkanes of at least 4 members (excludes halogenated alkanes) is 2. The average molecular weight is 196 g/mol. The molecule has 0 aliphatic heterocycles. The number of hydrogen-bond acceptors (Lipinski definition) is 1. The lowest BCUT2D eigenvalue weighted by Gasteiger charge is -2.08. The first-order chi connectivity index (χ1) is 6.67. The van der Waals surface area contributed by atoms with Crippen LogP contribution in [0.3, 0.4) is 0 Å². The summed E-state index contributed by atoms with van der Waals surface area (Å²) in [6, 6.07) is 0. The van der Waals surface area contributed by atoms with E-state index in [1.54, 1.807) is 0 Å². The zero-order valence-electron chi connectivity index (χ0n) is 10.2. The summed E-state index contributed by atoms with van der Waals surface area (Å²) < 4.78 is 0. The molecule has 0 saturated heterocycles. The van der Waals surface area contributed by atoms with Gasteiger partial charge in [-0.05, 0) is 31.8 Å². The van der Waals surface area contributed by atoms with Crippen molar-refractivity contribution in [1.29, 1.82) is 0 Å². The molecule has 82 valence electrons. The van der Waals surface area contributed by atoms with Crippen LogP contribution in [-0.4, -0.2) is 5.78 Å². The Morgan fingerprint density at radius 1 is 1.00 bits per heavy atom. The summed E-state index contributed by atoms with van der Waals surface area (Å²) >= 11 is 0. The minimum Gasteiger partial charge on any atom is -0.295 e. The van der Waals surface area contributed by atoms with Gasteiger partial charge in [0.05, 0.1) is 0 Å². The van der Waals surface area contributed by atoms with Gasteiger partial charge in [0.2, 0.25) is 0 Å². The maximum atomic E-state index is 11.6. The van der Waals surface area contributed by atoms with Crippen LogP contribution in [-0.2, 0) is 4.79 Å². The van der Waals surface area contributed by atoms with E-state index in [0.29, 0.717) is 12.2 Å². The molecule has 0 unspecified atom stereocenters. The normalized spacial score (nSPS) is 12.6. The van der Waals surface area contributed by atoms with E-state index in [2.05, 4.69) is 20.8 Å². The van der Waals surface area contributed by atoms with E-state index in [1.165, 1.54) is 24.8 Å². The Labute approximate surface area is 88.6 Å². The second kappa shape index (κ2) is 7.78. The van der Waals surface area contributed by atoms with E-state index in [-0.39, 0.29) is 0 Å². The van der Waals surface area contributed by atoms with Gasteiger partial charge in [0.15, 0.2) is 5.78 Å². The van der Waals surface area contributed by atoms with Crippen molar-refractivity contribution in [3.8, 4) is 0 Å². The molecule has 0 aromatic carbocycles. The minimum atomic E-state index is 0.335. The summed E-state index contributed by atoms with van der Waals surface area (Å²) in [5, 5.41) is 0. The highest BCUT2D eigenvalue weighted by atomic mass is 16.1. The maximum absolute atomic E-state index is 11.6. The van der Waals surface area contributed by atoms with Crippen LogP contribution in [0.5, 0.6) is 0 Å². The highest BCUT2D eigenvalue weighted by Gasteiger charge is 2.08. The lowest BCUT2D eigenvalue weighted by molar-refractivity contribution is -0.115. The van der Waals surface area contributed by atoms with Crippen molar-refractivity contribution in [2.24, 2.45) is 0 Å². The fraction of sp³-hybridized carbons (Fsp3) is 0.769. The molecular weight excluding hydrogens is 172 g/mol. The summed E-state index contributed by atoms with van der Waals surface area (Å²) in [7, 11) is 0. The largest absolute Gasteiger partial charge is 0.295 e. The van der Waals surface area contributed by atoms with Crippen molar-refractivity contribution < 1.29 is 4.79 Å². The van der Waals surface area contributed by atoms with E-state index in [1.807, 2.05) is 6.92 Å². The fourth-order valence-corrected chi connectivity index (χ4v) is 1.74. The van der Waals surface area contributed by atoms with E-state index in [0.717, 1.165) is 18.4 Å². The van der Waals surface area contributed by atoms with Gasteiger partial charge >= 0.3 is 0 Å². The average Bonchev–Trinajstić information content (AvgIpc) is 2.19. The first-order valence-electron chi connectivity index (χ1n) is 5.89. The molecule has 0 aliphatic carbocycles. The van der Waals surface area contributed by atoms with E-state index in [4.69, 9.17) is 0 Å². The zero-order chi connectivity index (χ0) is 11.0. The third kappa shape index (κ3) is 4.59. The van der Waals surface area contributed by atoms with Crippen molar-refractivity contribution in [2.45, 2.75) is 66.2 Å². The van der Waals surface area contributed by atoms with Crippen molar-refractivity contribution in [3.05, 3.63) is 11.1 Å². The number of ketones is 1. The molecule has 0 radical (unpaired) electrons. The molecule has 0 N–H and O–H groups in total. The Hall–Kier alpha value is -0.590. The lowest BCUT2D eigenvalue weighted by atomic mass is 9.97. The van der Waals surface area contributed by atoms with Crippen molar-refractivity contribution >= 4 is 5.78 Å². The van der Waals surface area contributed by atoms with E-state index >= 15 is 0 Å². The van der Waals surface area contributed by atoms with Crippen LogP contribution in [0, 0.1) is 0 Å². The van der Waals surface area contributed by atoms with Crippen LogP contribution >= 0.6 is 0 Å². The van der Waals surface area contributed by atoms with E-state index < -0.39 is 0 Å². The highest BCUT2D eigenvalue weighted by molar-refractivity contribution is 5.95. The molecule has 0 atom stereocenters. The summed E-state index contributed by atoms with van der Waals surface area (Å²) in [6.07, 6.45) is 6.38. The first-order valence-corrected chi connectivity index (χ1v) is 5.89. The van der Waals surface area contributed by atoms with E-state index in [9.17, 15) is 4.79 Å². The topological polar surface area (TPSA) is 17.1 Å². The monoisotopic (exact) mass is 196 g/mol. The van der Waals surface area contributed by atoms with Gasteiger partial charge in [-0.1, -0.05) is 39.2 Å². The smallest absolute Gasteiger partial charge is 0.158 e. The molecular formula is C13H24O. The van der Waals surface area contributed by atoms with Crippen LogP contribution in [0.15, 0.2) is 11.1 Å². The number of allylic oxidation sites excluding steroid dienone is 2. The van der Waals surface area contributed by atoms with Gasteiger partial charge in [0.1, 0.15) is 0 Å². The van der Waals surface area contributed by atoms with Crippen molar-refractivity contribution in [1.82, 2.24) is 0 Å². The number of hydrogen-bond donors (Lipinski definition) is 0. The standard InChI is InChI=1S/C13H24O/c1-5-8-9-10-11(4)12(6-2)13(14)7-3/h5-10H2,1-4H3/b12-11+. The molecule has 1 nitrogen and oxygen atoms in total. The van der Waals surface area contributed by atoms with Gasteiger partial charge in [-0.25, -0.2) is 0 Å². The summed E-state index contributed by atoms with van der Waals surface area (Å²) in [6.45, 7) is 8.34. The van der Waals surface area contributed by atoms with Crippen LogP contribution in [0.2, 0.25) is 0 Å². The number of carbonyl (C=O) groups excluding carboxylic acids is 1. The SMILES string of the molecule is CCCCC/C(C)=C(\CC)C(=O)CC. The Bertz CT molecular complexity index is 201. The molecule has 1 heteroatoms. The van der Waals surface area contributed by atoms with Gasteiger partial charge < -0.3 is 0 Å². The van der Waals surface area contributed by atoms with Gasteiger partial charge in [0.25, 0.3) is 0 Å². The van der Waals surface area contributed by atoms with Crippen LogP contribution in [0.25, 0.3) is 0 Å². The summed E-state index contributed by atoms with van der Waals surface area (Å²) in [5.41, 5.74) is 2.39. The van der Waals surface area contributed by atoms with Gasteiger partial charge in [-0.15, -0.1) is 0 Å². The molecule has 0 heterocycles. The molecule has 0 rings (SSSR count). The predicted octanol–water partition coefficient (Wildman–Crippen LogP) is 4.27. The third-order valence-corrected chi connectivity index (χ3v) is 2.68. The van der Waals surface area contributed by atoms with Gasteiger partial charge in [-0.2, -0.15) is 0 Å². The van der Waals surface area contributed by atoms with Gasteiger partial charge in [0, 0.05) is 6.42 Å². The summed E-state index contributed by atoms with van der Waals surface area (Å²) in [4.78, 5) is 11.6. The Morgan fingerprint density at radius 2 is 1.64 bits per heavy atom. The molecule has 0 bridgehead atoms. The molecule has 0 fully saturated rings. The highest BCUT2D eigenvalue weighted by Crippen LogP contribution is 2.17. The molecule has 0 aromatic rings. The van der Waals surface area contributed by atoms with Crippen molar-refractivity contribution in [2.75, 3.05) is 0 Å². The molecule has 0 aliphatic rings. The van der Waals surface area contributed by atoms with Crippen LogP contribution in [0.4, 0.5) is 0 Å². The summed E-state index contributed by atoms with van der Waals surface area (Å²) in [5.74, 6) is 0.335. The second-order valence-corrected chi connectivity index (χ2v) is 3.85. The van der Waals surface area contributed by atoms with Crippen LogP contribution in [0.1, 0.15) is 66.2 Å². The third-order valence-electron chi connectivity index (χ3n) is 2.68. The Kier molecular flexibility index (Phi) is 7.45. The quantitative estimate of drug-likeness (QED) is 0.439. The van der Waals surface area contributed by atoms with Crippen molar-refractivity contribution in [3.63, 3.8) is 0 Å². The zero-order valence-corrected chi connectivity index (χ0v) is 10.2. The number of carbonyl (C=O) groups is 1. The number of rotatable bonds is 7. The Morgan fingerprint density at radius 3 is 2.07 bits per heavy atom. The van der Waals surface area contributed by atoms with Crippen LogP contribution < -0.4 is 0 Å². The van der Waals surface area contributed by atoms with Gasteiger partial charge in [-0.3, -0.25) is 4.79 Å². The molecule has 0 spiro atoms. The predicted molar refractivity (Wildman–Crippen MR) is 62.4 cm³/mol. The lowest BCUT2D eigenvalue weighted by Crippen LogP contribution is -2.02. The molecule has 0 saturated carbocycles. The minimum absolute atomic E-state index is 0.335. The molecule has 0 amide bonds. The number of Topliss-reactive ketones (excluding diaryl/α,β-unsaturated/α-hetero) is 1.